The average Bonchev–Trinajstić information content (AvgIpc) is 3.08. The maximum Gasteiger partial charge on any atom is 0.231 e. The molecule has 0 spiro atoms. The molecule has 106 valence electrons. The number of nitrogens with two attached hydrogens (primary N) is 1. The van der Waals surface area contributed by atoms with Crippen LogP contribution in [0.25, 0.3) is 0 Å². The normalized spacial score (nSPS) is 12.8. The Hall–Kier alpha value is -2.08. The van der Waals surface area contributed by atoms with Gasteiger partial charge in [-0.05, 0) is 43.5 Å². The summed E-state index contributed by atoms with van der Waals surface area (Å²) >= 11 is 0. The molecule has 1 aromatic heterocycles. The van der Waals surface area contributed by atoms with Crippen LogP contribution in [0, 0.1) is 0 Å². The SMILES string of the molecule is NCCCCc1cn(Cc2ccc3c(c2)OCO3)nn1. The Kier molecular flexibility index (Phi) is 3.83. The van der Waals surface area contributed by atoms with E-state index in [1.54, 1.807) is 0 Å². The molecule has 0 radical (unpaired) electrons. The van der Waals surface area contributed by atoms with E-state index in [4.69, 9.17) is 15.2 Å². The molecule has 1 aliphatic rings. The van der Waals surface area contributed by atoms with Crippen molar-refractivity contribution in [1.82, 2.24) is 15.0 Å². The summed E-state index contributed by atoms with van der Waals surface area (Å²) < 4.78 is 12.5. The van der Waals surface area contributed by atoms with Crippen molar-refractivity contribution in [1.29, 1.82) is 0 Å². The lowest BCUT2D eigenvalue weighted by Crippen LogP contribution is -2.00. The second-order valence-electron chi connectivity index (χ2n) is 4.84. The molecule has 0 aliphatic carbocycles. The van der Waals surface area contributed by atoms with Crippen LogP contribution >= 0.6 is 0 Å². The molecule has 20 heavy (non-hydrogen) atoms. The van der Waals surface area contributed by atoms with Gasteiger partial charge in [0, 0.05) is 6.20 Å². The molecule has 2 N–H and O–H groups in total. The highest BCUT2D eigenvalue weighted by Crippen LogP contribution is 2.32. The second kappa shape index (κ2) is 5.92. The zero-order valence-corrected chi connectivity index (χ0v) is 11.3. The van der Waals surface area contributed by atoms with Gasteiger partial charge in [-0.3, -0.25) is 0 Å². The zero-order valence-electron chi connectivity index (χ0n) is 11.3. The highest BCUT2D eigenvalue weighted by atomic mass is 16.7. The molecule has 0 unspecified atom stereocenters. The summed E-state index contributed by atoms with van der Waals surface area (Å²) in [7, 11) is 0. The third-order valence-corrected chi connectivity index (χ3v) is 3.25. The molecule has 0 saturated heterocycles. The summed E-state index contributed by atoms with van der Waals surface area (Å²) in [5.74, 6) is 1.60. The van der Waals surface area contributed by atoms with Crippen LogP contribution < -0.4 is 15.2 Å². The number of rotatable bonds is 6. The largest absolute Gasteiger partial charge is 0.454 e. The van der Waals surface area contributed by atoms with Gasteiger partial charge in [0.2, 0.25) is 6.79 Å². The van der Waals surface area contributed by atoms with Gasteiger partial charge in [0.25, 0.3) is 0 Å². The Bertz CT molecular complexity index is 582. The monoisotopic (exact) mass is 274 g/mol. The van der Waals surface area contributed by atoms with Crippen molar-refractivity contribution >= 4 is 0 Å². The van der Waals surface area contributed by atoms with Gasteiger partial charge in [-0.15, -0.1) is 5.10 Å². The number of aromatic nitrogens is 3. The Balaban J connectivity index is 1.63. The fourth-order valence-corrected chi connectivity index (χ4v) is 2.21. The zero-order chi connectivity index (χ0) is 13.8. The molecule has 0 bridgehead atoms. The summed E-state index contributed by atoms with van der Waals surface area (Å²) in [6.45, 7) is 1.71. The van der Waals surface area contributed by atoms with Crippen LogP contribution in [0.1, 0.15) is 24.1 Å². The van der Waals surface area contributed by atoms with Crippen molar-refractivity contribution in [2.75, 3.05) is 13.3 Å². The molecule has 0 saturated carbocycles. The summed E-state index contributed by atoms with van der Waals surface area (Å²) in [5.41, 5.74) is 7.61. The van der Waals surface area contributed by atoms with Gasteiger partial charge in [0.15, 0.2) is 11.5 Å². The minimum absolute atomic E-state index is 0.299. The van der Waals surface area contributed by atoms with Gasteiger partial charge in [-0.1, -0.05) is 11.3 Å². The van der Waals surface area contributed by atoms with Crippen molar-refractivity contribution in [3.63, 3.8) is 0 Å². The van der Waals surface area contributed by atoms with Gasteiger partial charge < -0.3 is 15.2 Å². The van der Waals surface area contributed by atoms with Crippen molar-refractivity contribution in [2.24, 2.45) is 5.73 Å². The third kappa shape index (κ3) is 2.91. The number of hydrogen-bond acceptors (Lipinski definition) is 5. The van der Waals surface area contributed by atoms with Crippen LogP contribution in [0.2, 0.25) is 0 Å². The van der Waals surface area contributed by atoms with Crippen LogP contribution in [0.15, 0.2) is 24.4 Å². The number of benzene rings is 1. The number of nitrogens with zero attached hydrogens (tertiary/aromatic N) is 3. The fraction of sp³-hybridized carbons (Fsp3) is 0.429. The molecular weight excluding hydrogens is 256 g/mol. The number of fused-ring (bicyclic) bond motifs is 1. The summed E-state index contributed by atoms with van der Waals surface area (Å²) in [4.78, 5) is 0. The minimum Gasteiger partial charge on any atom is -0.454 e. The smallest absolute Gasteiger partial charge is 0.231 e. The van der Waals surface area contributed by atoms with E-state index in [9.17, 15) is 0 Å². The van der Waals surface area contributed by atoms with Crippen LogP contribution in [-0.2, 0) is 13.0 Å². The lowest BCUT2D eigenvalue weighted by molar-refractivity contribution is 0.174. The van der Waals surface area contributed by atoms with Crippen molar-refractivity contribution < 1.29 is 9.47 Å². The van der Waals surface area contributed by atoms with E-state index in [-0.39, 0.29) is 0 Å². The Labute approximate surface area is 117 Å². The van der Waals surface area contributed by atoms with Crippen LogP contribution in [-0.4, -0.2) is 28.3 Å². The molecule has 0 amide bonds. The van der Waals surface area contributed by atoms with E-state index in [0.717, 1.165) is 48.6 Å². The quantitative estimate of drug-likeness (QED) is 0.804. The maximum absolute atomic E-state index is 5.48. The molecule has 6 heteroatoms. The van der Waals surface area contributed by atoms with E-state index in [1.165, 1.54) is 0 Å². The topological polar surface area (TPSA) is 75.2 Å². The Morgan fingerprint density at radius 1 is 1.20 bits per heavy atom. The molecular formula is C14H18N4O2. The molecule has 0 atom stereocenters. The van der Waals surface area contributed by atoms with E-state index in [0.29, 0.717) is 13.3 Å². The van der Waals surface area contributed by atoms with Gasteiger partial charge in [0.1, 0.15) is 0 Å². The van der Waals surface area contributed by atoms with E-state index in [1.807, 2.05) is 29.1 Å². The summed E-state index contributed by atoms with van der Waals surface area (Å²) in [5, 5.41) is 8.32. The predicted octanol–water partition coefficient (Wildman–Crippen LogP) is 1.34. The molecule has 3 rings (SSSR count). The molecule has 1 aromatic carbocycles. The second-order valence-corrected chi connectivity index (χ2v) is 4.84. The summed E-state index contributed by atoms with van der Waals surface area (Å²) in [6, 6.07) is 5.93. The molecule has 2 heterocycles. The minimum atomic E-state index is 0.299. The summed E-state index contributed by atoms with van der Waals surface area (Å²) in [6.07, 6.45) is 4.99. The first-order chi connectivity index (χ1) is 9.85. The van der Waals surface area contributed by atoms with Crippen molar-refractivity contribution in [3.05, 3.63) is 35.7 Å². The van der Waals surface area contributed by atoms with Gasteiger partial charge >= 0.3 is 0 Å². The first-order valence-electron chi connectivity index (χ1n) is 6.83. The van der Waals surface area contributed by atoms with E-state index < -0.39 is 0 Å². The Morgan fingerprint density at radius 3 is 3.00 bits per heavy atom. The molecule has 2 aromatic rings. The number of unbranched alkanes of at least 4 members (excludes halogenated alkanes) is 1. The Morgan fingerprint density at radius 2 is 2.10 bits per heavy atom. The van der Waals surface area contributed by atoms with Crippen LogP contribution in [0.5, 0.6) is 11.5 Å². The highest BCUT2D eigenvalue weighted by Gasteiger charge is 2.13. The lowest BCUT2D eigenvalue weighted by Gasteiger charge is -2.02. The van der Waals surface area contributed by atoms with E-state index in [2.05, 4.69) is 10.3 Å². The fourth-order valence-electron chi connectivity index (χ4n) is 2.21. The van der Waals surface area contributed by atoms with E-state index >= 15 is 0 Å². The first kappa shape index (κ1) is 12.9. The van der Waals surface area contributed by atoms with Crippen molar-refractivity contribution in [3.8, 4) is 11.5 Å². The molecule has 1 aliphatic heterocycles. The molecule has 6 nitrogen and oxygen atoms in total. The van der Waals surface area contributed by atoms with Crippen LogP contribution in [0.4, 0.5) is 0 Å². The van der Waals surface area contributed by atoms with Gasteiger partial charge in [0.05, 0.1) is 12.2 Å². The third-order valence-electron chi connectivity index (χ3n) is 3.25. The standard InChI is InChI=1S/C14H18N4O2/c15-6-2-1-3-12-9-18(17-16-12)8-11-4-5-13-14(7-11)20-10-19-13/h4-5,7,9H,1-3,6,8,10,15H2. The van der Waals surface area contributed by atoms with Crippen molar-refractivity contribution in [2.45, 2.75) is 25.8 Å². The molecule has 0 fully saturated rings. The highest BCUT2D eigenvalue weighted by molar-refractivity contribution is 5.44. The number of ether oxygens (including phenoxy) is 2. The predicted molar refractivity (Wildman–Crippen MR) is 73.7 cm³/mol. The van der Waals surface area contributed by atoms with Crippen LogP contribution in [0.3, 0.4) is 0 Å². The maximum atomic E-state index is 5.48. The van der Waals surface area contributed by atoms with Gasteiger partial charge in [-0.2, -0.15) is 0 Å². The van der Waals surface area contributed by atoms with Gasteiger partial charge in [-0.25, -0.2) is 4.68 Å². The number of aryl methyl sites for hydroxylation is 1. The lowest BCUT2D eigenvalue weighted by atomic mass is 10.2. The number of hydrogen-bond donors (Lipinski definition) is 1. The first-order valence-corrected chi connectivity index (χ1v) is 6.83. The average molecular weight is 274 g/mol.